The van der Waals surface area contributed by atoms with E-state index in [1.807, 2.05) is 50.3 Å². The molecule has 0 bridgehead atoms. The molecule has 2 heterocycles. The van der Waals surface area contributed by atoms with Crippen LogP contribution in [0.4, 0.5) is 5.82 Å². The molecule has 2 aromatic rings. The van der Waals surface area contributed by atoms with Crippen LogP contribution in [0, 0.1) is 11.3 Å². The van der Waals surface area contributed by atoms with E-state index in [1.54, 1.807) is 37.3 Å². The standard InChI is InChI=1S/C32H38N6O/c1-22(7-8-24(3)35-18-15-23(2)29-13-14-31(34)36-30(29)21-33)25(4)38-19-16-27(17-20-38)26-9-11-28(12-10-26)32(39)37(5)6/h7-16,18,25H,17,19-20H2,1-6H3,(H2,34,36)/b22-7+,23-15+,24-8+,35-18+. The molecule has 1 atom stereocenters. The zero-order valence-electron chi connectivity index (χ0n) is 23.8. The van der Waals surface area contributed by atoms with Gasteiger partial charge < -0.3 is 10.6 Å². The van der Waals surface area contributed by atoms with Crippen molar-refractivity contribution >= 4 is 29.1 Å². The largest absolute Gasteiger partial charge is 0.384 e. The van der Waals surface area contributed by atoms with Crippen molar-refractivity contribution in [2.45, 2.75) is 40.2 Å². The fourth-order valence-electron chi connectivity index (χ4n) is 4.34. The Balaban J connectivity index is 1.59. The second-order valence-corrected chi connectivity index (χ2v) is 10.0. The molecule has 0 aliphatic carbocycles. The van der Waals surface area contributed by atoms with Gasteiger partial charge in [-0.25, -0.2) is 4.98 Å². The summed E-state index contributed by atoms with van der Waals surface area (Å²) in [5.74, 6) is 0.352. The summed E-state index contributed by atoms with van der Waals surface area (Å²) in [6.45, 7) is 10.1. The highest BCUT2D eigenvalue weighted by Gasteiger charge is 2.19. The minimum absolute atomic E-state index is 0.0212. The lowest BCUT2D eigenvalue weighted by Crippen LogP contribution is -2.37. The lowest BCUT2D eigenvalue weighted by molar-refractivity contribution is 0.0827. The molecule has 3 rings (SSSR count). The summed E-state index contributed by atoms with van der Waals surface area (Å²) in [6, 6.07) is 13.8. The van der Waals surface area contributed by atoms with Crippen LogP contribution in [0.3, 0.4) is 0 Å². The summed E-state index contributed by atoms with van der Waals surface area (Å²) < 4.78 is 0. The van der Waals surface area contributed by atoms with Gasteiger partial charge in [0.25, 0.3) is 5.91 Å². The minimum atomic E-state index is 0.0212. The van der Waals surface area contributed by atoms with Crippen LogP contribution in [0.15, 0.2) is 77.0 Å². The summed E-state index contributed by atoms with van der Waals surface area (Å²) in [4.78, 5) is 24.8. The first-order valence-corrected chi connectivity index (χ1v) is 13.1. The number of aliphatic imine (C=N–C) groups is 1. The molecule has 7 nitrogen and oxygen atoms in total. The first-order valence-electron chi connectivity index (χ1n) is 13.1. The number of carbonyl (C=O) groups excluding carboxylic acids is 1. The topological polar surface area (TPSA) is 98.6 Å². The van der Waals surface area contributed by atoms with Crippen LogP contribution in [-0.2, 0) is 0 Å². The van der Waals surface area contributed by atoms with E-state index in [1.165, 1.54) is 16.7 Å². The van der Waals surface area contributed by atoms with Gasteiger partial charge in [-0.15, -0.1) is 0 Å². The number of amides is 1. The van der Waals surface area contributed by atoms with Crippen LogP contribution < -0.4 is 5.73 Å². The second-order valence-electron chi connectivity index (χ2n) is 10.0. The van der Waals surface area contributed by atoms with E-state index in [4.69, 9.17) is 5.73 Å². The highest BCUT2D eigenvalue weighted by atomic mass is 16.2. The smallest absolute Gasteiger partial charge is 0.253 e. The molecule has 0 fully saturated rings. The molecule has 1 aromatic carbocycles. The van der Waals surface area contributed by atoms with E-state index in [-0.39, 0.29) is 5.91 Å². The first kappa shape index (κ1) is 29.3. The molecule has 1 unspecified atom stereocenters. The number of rotatable bonds is 8. The zero-order valence-corrected chi connectivity index (χ0v) is 23.8. The summed E-state index contributed by atoms with van der Waals surface area (Å²) in [5.41, 5.74) is 13.0. The van der Waals surface area contributed by atoms with Crippen LogP contribution >= 0.6 is 0 Å². The van der Waals surface area contributed by atoms with Crippen LogP contribution in [-0.4, -0.2) is 60.1 Å². The highest BCUT2D eigenvalue weighted by Crippen LogP contribution is 2.25. The van der Waals surface area contributed by atoms with Crippen molar-refractivity contribution in [2.75, 3.05) is 32.9 Å². The third-order valence-electron chi connectivity index (χ3n) is 6.99. The fraction of sp³-hybridized carbons (Fsp3) is 0.312. The predicted molar refractivity (Wildman–Crippen MR) is 161 cm³/mol. The number of allylic oxidation sites excluding steroid dienone is 5. The third kappa shape index (κ3) is 7.86. The van der Waals surface area contributed by atoms with Gasteiger partial charge >= 0.3 is 0 Å². The van der Waals surface area contributed by atoms with Gasteiger partial charge in [-0.2, -0.15) is 5.26 Å². The van der Waals surface area contributed by atoms with E-state index in [2.05, 4.69) is 46.9 Å². The Morgan fingerprint density at radius 3 is 2.46 bits per heavy atom. The number of nitriles is 1. The van der Waals surface area contributed by atoms with Gasteiger partial charge in [0.2, 0.25) is 0 Å². The molecule has 202 valence electrons. The highest BCUT2D eigenvalue weighted by molar-refractivity contribution is 5.94. The first-order chi connectivity index (χ1) is 18.6. The molecule has 0 saturated carbocycles. The normalized spacial score (nSPS) is 16.1. The number of benzene rings is 1. The van der Waals surface area contributed by atoms with E-state index in [0.29, 0.717) is 23.1 Å². The number of nitrogens with zero attached hydrogens (tertiary/aromatic N) is 5. The molecule has 1 aromatic heterocycles. The Morgan fingerprint density at radius 2 is 1.85 bits per heavy atom. The number of nitrogen functional groups attached to an aromatic ring is 1. The van der Waals surface area contributed by atoms with E-state index in [9.17, 15) is 10.1 Å². The maximum Gasteiger partial charge on any atom is 0.253 e. The molecule has 0 saturated heterocycles. The van der Waals surface area contributed by atoms with Crippen molar-refractivity contribution < 1.29 is 4.79 Å². The van der Waals surface area contributed by atoms with Crippen LogP contribution in [0.25, 0.3) is 11.1 Å². The Hall–Kier alpha value is -4.28. The number of carbonyl (C=O) groups is 1. The van der Waals surface area contributed by atoms with Crippen molar-refractivity contribution in [1.82, 2.24) is 14.8 Å². The second kappa shape index (κ2) is 13.5. The van der Waals surface area contributed by atoms with Gasteiger partial charge in [0.1, 0.15) is 17.6 Å². The van der Waals surface area contributed by atoms with Gasteiger partial charge in [0, 0.05) is 56.3 Å². The molecule has 39 heavy (non-hydrogen) atoms. The van der Waals surface area contributed by atoms with Gasteiger partial charge in [0.05, 0.1) is 0 Å². The number of pyridine rings is 1. The number of hydrogen-bond acceptors (Lipinski definition) is 6. The lowest BCUT2D eigenvalue weighted by Gasteiger charge is -2.32. The Kier molecular flexibility index (Phi) is 10.1. The monoisotopic (exact) mass is 522 g/mol. The average molecular weight is 523 g/mol. The number of hydrogen-bond donors (Lipinski definition) is 1. The molecule has 0 radical (unpaired) electrons. The summed E-state index contributed by atoms with van der Waals surface area (Å²) >= 11 is 0. The summed E-state index contributed by atoms with van der Waals surface area (Å²) in [6.07, 6.45) is 11.0. The predicted octanol–water partition coefficient (Wildman–Crippen LogP) is 5.74. The molecule has 1 aliphatic rings. The van der Waals surface area contributed by atoms with Crippen molar-refractivity contribution in [3.63, 3.8) is 0 Å². The SMILES string of the molecule is CC(=C\C=C(/C)C(C)N1CC=C(c2ccc(C(=O)N(C)C)cc2)CC1)/N=C/C=C(\C)c1ccc(N)nc1C#N. The van der Waals surface area contributed by atoms with Gasteiger partial charge in [-0.1, -0.05) is 29.9 Å². The number of anilines is 1. The Labute approximate surface area is 232 Å². The van der Waals surface area contributed by atoms with Crippen molar-refractivity contribution in [3.05, 3.63) is 94.4 Å². The van der Waals surface area contributed by atoms with Crippen LogP contribution in [0.1, 0.15) is 61.3 Å². The fourth-order valence-corrected chi connectivity index (χ4v) is 4.34. The molecular formula is C32H38N6O. The maximum atomic E-state index is 12.1. The quantitative estimate of drug-likeness (QED) is 0.352. The number of aromatic nitrogens is 1. The molecule has 1 aliphatic heterocycles. The molecule has 1 amide bonds. The third-order valence-corrected chi connectivity index (χ3v) is 6.99. The van der Waals surface area contributed by atoms with E-state index >= 15 is 0 Å². The maximum absolute atomic E-state index is 12.1. The minimum Gasteiger partial charge on any atom is -0.384 e. The summed E-state index contributed by atoms with van der Waals surface area (Å²) in [7, 11) is 3.54. The lowest BCUT2D eigenvalue weighted by atomic mass is 9.96. The zero-order chi connectivity index (χ0) is 28.5. The van der Waals surface area contributed by atoms with Crippen molar-refractivity contribution in [3.8, 4) is 6.07 Å². The van der Waals surface area contributed by atoms with Crippen molar-refractivity contribution in [2.24, 2.45) is 4.99 Å². The molecular weight excluding hydrogens is 484 g/mol. The molecule has 0 spiro atoms. The Bertz CT molecular complexity index is 1390. The van der Waals surface area contributed by atoms with Crippen molar-refractivity contribution in [1.29, 1.82) is 5.26 Å². The van der Waals surface area contributed by atoms with Gasteiger partial charge in [-0.05, 0) is 87.2 Å². The molecule has 2 N–H and O–H groups in total. The summed E-state index contributed by atoms with van der Waals surface area (Å²) in [5, 5.41) is 9.31. The Morgan fingerprint density at radius 1 is 1.13 bits per heavy atom. The van der Waals surface area contributed by atoms with E-state index < -0.39 is 0 Å². The average Bonchev–Trinajstić information content (AvgIpc) is 2.95. The van der Waals surface area contributed by atoms with Crippen LogP contribution in [0.5, 0.6) is 0 Å². The molecule has 7 heteroatoms. The van der Waals surface area contributed by atoms with Gasteiger partial charge in [0.15, 0.2) is 0 Å². The van der Waals surface area contributed by atoms with Gasteiger partial charge in [-0.3, -0.25) is 14.7 Å². The van der Waals surface area contributed by atoms with E-state index in [0.717, 1.165) is 36.3 Å². The number of nitrogens with two attached hydrogens (primary N) is 1. The van der Waals surface area contributed by atoms with Crippen LogP contribution in [0.2, 0.25) is 0 Å².